The molecule has 2 saturated heterocycles. The van der Waals surface area contributed by atoms with Crippen molar-refractivity contribution in [3.05, 3.63) is 29.3 Å². The van der Waals surface area contributed by atoms with Crippen LogP contribution in [-0.2, 0) is 4.79 Å². The lowest BCUT2D eigenvalue weighted by molar-refractivity contribution is -0.136. The lowest BCUT2D eigenvalue weighted by atomic mass is 9.94. The number of rotatable bonds is 3. The molecule has 0 aliphatic carbocycles. The van der Waals surface area contributed by atoms with Crippen LogP contribution in [-0.4, -0.2) is 54.9 Å². The lowest BCUT2D eigenvalue weighted by Crippen LogP contribution is -2.44. The topological polar surface area (TPSA) is 49.9 Å². The van der Waals surface area contributed by atoms with Gasteiger partial charge >= 0.3 is 0 Å². The molecular formula is C21H30N2O3. The molecule has 0 bridgehead atoms. The first-order valence-corrected chi connectivity index (χ1v) is 9.83. The maximum absolute atomic E-state index is 12.8. The van der Waals surface area contributed by atoms with Crippen molar-refractivity contribution in [2.45, 2.75) is 45.4 Å². The third-order valence-corrected chi connectivity index (χ3v) is 5.70. The van der Waals surface area contributed by atoms with Crippen LogP contribution >= 0.6 is 0 Å². The van der Waals surface area contributed by atoms with Gasteiger partial charge in [0.25, 0.3) is 5.91 Å². The fourth-order valence-electron chi connectivity index (χ4n) is 4.01. The van der Waals surface area contributed by atoms with E-state index in [-0.39, 0.29) is 11.8 Å². The van der Waals surface area contributed by atoms with Crippen LogP contribution in [0.2, 0.25) is 0 Å². The number of benzene rings is 1. The Labute approximate surface area is 156 Å². The Bertz CT molecular complexity index is 643. The van der Waals surface area contributed by atoms with Gasteiger partial charge in [0.1, 0.15) is 5.75 Å². The van der Waals surface area contributed by atoms with Gasteiger partial charge in [-0.2, -0.15) is 0 Å². The van der Waals surface area contributed by atoms with E-state index in [2.05, 4.69) is 4.90 Å². The number of carbonyl (C=O) groups excluding carboxylic acids is 2. The quantitative estimate of drug-likeness (QED) is 0.833. The maximum atomic E-state index is 12.8. The highest BCUT2D eigenvalue weighted by Crippen LogP contribution is 2.25. The fraction of sp³-hybridized carbons (Fsp3) is 0.619. The van der Waals surface area contributed by atoms with Crippen LogP contribution in [0.5, 0.6) is 5.75 Å². The number of piperidine rings is 1. The van der Waals surface area contributed by atoms with Gasteiger partial charge in [-0.1, -0.05) is 18.9 Å². The molecule has 0 spiro atoms. The smallest absolute Gasteiger partial charge is 0.253 e. The molecule has 0 saturated carbocycles. The summed E-state index contributed by atoms with van der Waals surface area (Å²) in [6.07, 6.45) is 6.25. The molecule has 2 heterocycles. The highest BCUT2D eigenvalue weighted by Gasteiger charge is 2.30. The third kappa shape index (κ3) is 4.19. The molecule has 0 unspecified atom stereocenters. The van der Waals surface area contributed by atoms with Gasteiger partial charge in [-0.25, -0.2) is 0 Å². The second-order valence-corrected chi connectivity index (χ2v) is 7.49. The zero-order valence-electron chi connectivity index (χ0n) is 16.0. The van der Waals surface area contributed by atoms with Crippen molar-refractivity contribution in [1.82, 2.24) is 9.80 Å². The number of ether oxygens (including phenoxy) is 1. The number of nitrogens with zero attached hydrogens (tertiary/aromatic N) is 2. The predicted octanol–water partition coefficient (Wildman–Crippen LogP) is 3.26. The molecule has 2 amide bonds. The molecule has 2 fully saturated rings. The van der Waals surface area contributed by atoms with Gasteiger partial charge in [0, 0.05) is 37.7 Å². The summed E-state index contributed by atoms with van der Waals surface area (Å²) in [7, 11) is 1.62. The predicted molar refractivity (Wildman–Crippen MR) is 101 cm³/mol. The summed E-state index contributed by atoms with van der Waals surface area (Å²) in [5.41, 5.74) is 1.68. The molecule has 2 aliphatic rings. The van der Waals surface area contributed by atoms with Crippen molar-refractivity contribution >= 4 is 11.8 Å². The minimum atomic E-state index is 0.0315. The second-order valence-electron chi connectivity index (χ2n) is 7.49. The minimum Gasteiger partial charge on any atom is -0.496 e. The average Bonchev–Trinajstić information content (AvgIpc) is 2.97. The molecule has 0 radical (unpaired) electrons. The van der Waals surface area contributed by atoms with E-state index in [1.165, 1.54) is 12.8 Å². The minimum absolute atomic E-state index is 0.0315. The number of carbonyl (C=O) groups is 2. The van der Waals surface area contributed by atoms with E-state index in [0.717, 1.165) is 50.1 Å². The van der Waals surface area contributed by atoms with Gasteiger partial charge in [0.05, 0.1) is 7.11 Å². The van der Waals surface area contributed by atoms with E-state index in [1.807, 2.05) is 30.0 Å². The van der Waals surface area contributed by atoms with Crippen LogP contribution < -0.4 is 4.74 Å². The first-order valence-electron chi connectivity index (χ1n) is 9.83. The van der Waals surface area contributed by atoms with Crippen LogP contribution in [0.1, 0.15) is 54.4 Å². The molecular weight excluding hydrogens is 328 g/mol. The van der Waals surface area contributed by atoms with Crippen molar-refractivity contribution in [1.29, 1.82) is 0 Å². The molecule has 1 aromatic rings. The van der Waals surface area contributed by atoms with Crippen molar-refractivity contribution in [3.63, 3.8) is 0 Å². The summed E-state index contributed by atoms with van der Waals surface area (Å²) >= 11 is 0. The zero-order valence-corrected chi connectivity index (χ0v) is 16.0. The Hall–Kier alpha value is -2.04. The molecule has 1 aromatic carbocycles. The van der Waals surface area contributed by atoms with E-state index < -0.39 is 0 Å². The molecule has 0 aromatic heterocycles. The molecule has 26 heavy (non-hydrogen) atoms. The van der Waals surface area contributed by atoms with Gasteiger partial charge in [-0.05, 0) is 50.3 Å². The average molecular weight is 358 g/mol. The Morgan fingerprint density at radius 1 is 0.962 bits per heavy atom. The van der Waals surface area contributed by atoms with E-state index >= 15 is 0 Å². The summed E-state index contributed by atoms with van der Waals surface area (Å²) in [6, 6.07) is 5.59. The van der Waals surface area contributed by atoms with E-state index in [4.69, 9.17) is 4.74 Å². The third-order valence-electron chi connectivity index (χ3n) is 5.70. The van der Waals surface area contributed by atoms with Crippen LogP contribution in [0.15, 0.2) is 18.2 Å². The first kappa shape index (κ1) is 18.7. The molecule has 2 aliphatic heterocycles. The monoisotopic (exact) mass is 358 g/mol. The lowest BCUT2D eigenvalue weighted by Gasteiger charge is -2.34. The summed E-state index contributed by atoms with van der Waals surface area (Å²) in [6.45, 7) is 5.08. The second kappa shape index (κ2) is 8.56. The van der Waals surface area contributed by atoms with Crippen LogP contribution in [0.4, 0.5) is 0 Å². The van der Waals surface area contributed by atoms with Gasteiger partial charge in [-0.3, -0.25) is 9.59 Å². The standard InChI is InChI=1S/C21H30N2O3/c1-16-7-8-18(15-19(16)26-2)21(25)23-13-9-17(10-14-23)20(24)22-11-5-3-4-6-12-22/h7-8,15,17H,3-6,9-14H2,1-2H3. The fourth-order valence-corrected chi connectivity index (χ4v) is 4.01. The molecule has 0 atom stereocenters. The molecule has 5 heteroatoms. The summed E-state index contributed by atoms with van der Waals surface area (Å²) < 4.78 is 5.33. The zero-order chi connectivity index (χ0) is 18.5. The maximum Gasteiger partial charge on any atom is 0.253 e. The molecule has 0 N–H and O–H groups in total. The number of amides is 2. The first-order chi connectivity index (χ1) is 12.6. The highest BCUT2D eigenvalue weighted by molar-refractivity contribution is 5.95. The van der Waals surface area contributed by atoms with E-state index in [9.17, 15) is 9.59 Å². The van der Waals surface area contributed by atoms with Crippen molar-refractivity contribution < 1.29 is 14.3 Å². The number of aryl methyl sites for hydroxylation is 1. The highest BCUT2D eigenvalue weighted by atomic mass is 16.5. The Balaban J connectivity index is 1.57. The number of hydrogen-bond acceptors (Lipinski definition) is 3. The summed E-state index contributed by atoms with van der Waals surface area (Å²) in [5.74, 6) is 1.15. The SMILES string of the molecule is COc1cc(C(=O)N2CCC(C(=O)N3CCCCCC3)CC2)ccc1C. The summed E-state index contributed by atoms with van der Waals surface area (Å²) in [4.78, 5) is 29.5. The van der Waals surface area contributed by atoms with E-state index in [0.29, 0.717) is 24.6 Å². The van der Waals surface area contributed by atoms with Crippen LogP contribution in [0.25, 0.3) is 0 Å². The van der Waals surface area contributed by atoms with Gasteiger partial charge in [-0.15, -0.1) is 0 Å². The van der Waals surface area contributed by atoms with E-state index in [1.54, 1.807) is 7.11 Å². The largest absolute Gasteiger partial charge is 0.496 e. The van der Waals surface area contributed by atoms with Crippen molar-refractivity contribution in [2.75, 3.05) is 33.3 Å². The Kier molecular flexibility index (Phi) is 6.17. The number of hydrogen-bond donors (Lipinski definition) is 0. The van der Waals surface area contributed by atoms with Gasteiger partial charge in [0.15, 0.2) is 0 Å². The Morgan fingerprint density at radius 3 is 2.23 bits per heavy atom. The number of methoxy groups -OCH3 is 1. The van der Waals surface area contributed by atoms with Gasteiger partial charge in [0.2, 0.25) is 5.91 Å². The van der Waals surface area contributed by atoms with Crippen molar-refractivity contribution in [2.24, 2.45) is 5.92 Å². The summed E-state index contributed by atoms with van der Waals surface area (Å²) in [5, 5.41) is 0. The van der Waals surface area contributed by atoms with Crippen LogP contribution in [0.3, 0.4) is 0 Å². The Morgan fingerprint density at radius 2 is 1.62 bits per heavy atom. The molecule has 142 valence electrons. The van der Waals surface area contributed by atoms with Crippen molar-refractivity contribution in [3.8, 4) is 5.75 Å². The van der Waals surface area contributed by atoms with Crippen LogP contribution in [0, 0.1) is 12.8 Å². The molecule has 3 rings (SSSR count). The number of likely N-dealkylation sites (tertiary alicyclic amines) is 2. The van der Waals surface area contributed by atoms with Gasteiger partial charge < -0.3 is 14.5 Å². The molecule has 5 nitrogen and oxygen atoms in total. The normalized spacial score (nSPS) is 19.2.